The molecule has 4 saturated heterocycles. The summed E-state index contributed by atoms with van der Waals surface area (Å²) in [5, 5.41) is 0. The number of rotatable bonds is 11. The predicted molar refractivity (Wildman–Crippen MR) is 221 cm³/mol. The van der Waals surface area contributed by atoms with Crippen molar-refractivity contribution < 1.29 is 61.8 Å². The quantitative estimate of drug-likeness (QED) is 0.0974. The number of hydrogen-bond donors (Lipinski definition) is 0. The normalized spacial score (nSPS) is 30.5. The van der Waals surface area contributed by atoms with Gasteiger partial charge in [0.2, 0.25) is 0 Å². The zero-order chi connectivity index (χ0) is 42.4. The van der Waals surface area contributed by atoms with E-state index < -0.39 is 91.0 Å². The van der Waals surface area contributed by atoms with Gasteiger partial charge in [-0.15, -0.1) is 0 Å². The zero-order valence-corrected chi connectivity index (χ0v) is 34.3. The van der Waals surface area contributed by atoms with Crippen molar-refractivity contribution in [2.75, 3.05) is 13.2 Å². The van der Waals surface area contributed by atoms with E-state index in [9.17, 15) is 14.4 Å². The second-order valence-electron chi connectivity index (χ2n) is 15.0. The highest BCUT2D eigenvalue weighted by atomic mass is 32.2. The van der Waals surface area contributed by atoms with E-state index in [4.69, 9.17) is 47.4 Å². The van der Waals surface area contributed by atoms with Crippen LogP contribution in [0, 0.1) is 0 Å². The number of thioether (sulfide) groups is 1. The van der Waals surface area contributed by atoms with Crippen LogP contribution in [0.25, 0.3) is 0 Å². The Morgan fingerprint density at radius 1 is 0.500 bits per heavy atom. The topological polar surface area (TPSA) is 144 Å². The van der Waals surface area contributed by atoms with Crippen molar-refractivity contribution in [3.8, 4) is 0 Å². The number of esters is 3. The molecular formula is C48H44O13S. The summed E-state index contributed by atoms with van der Waals surface area (Å²) >= 11 is 1.34. The van der Waals surface area contributed by atoms with Gasteiger partial charge in [0.1, 0.15) is 36.0 Å². The van der Waals surface area contributed by atoms with Crippen LogP contribution in [0.3, 0.4) is 0 Å². The van der Waals surface area contributed by atoms with Crippen molar-refractivity contribution in [3.05, 3.63) is 174 Å². The van der Waals surface area contributed by atoms with Crippen LogP contribution in [-0.4, -0.2) is 91.7 Å². The SMILES string of the molecule is CC(=O)O[C@H]1[C@@H](O[C@H]2O[C@@H]3COC(c4ccccc4)O[C@H]3[C@H](OC(=O)c3ccccc3)[C@@H]2OC(=O)c2ccccc2)[C@@H]2OC(c3ccccc3)OC[C@H]2O[C@@H]1Sc1ccccc1. The Bertz CT molecular complexity index is 2250. The molecule has 0 bridgehead atoms. The number of ether oxygens (including phenoxy) is 10. The summed E-state index contributed by atoms with van der Waals surface area (Å²) in [6, 6.07) is 45.1. The molecule has 2 unspecified atom stereocenters. The molecule has 320 valence electrons. The van der Waals surface area contributed by atoms with Gasteiger partial charge in [-0.2, -0.15) is 0 Å². The molecule has 0 amide bonds. The molecule has 0 spiro atoms. The largest absolute Gasteiger partial charge is 0.456 e. The summed E-state index contributed by atoms with van der Waals surface area (Å²) in [7, 11) is 0. The van der Waals surface area contributed by atoms with Gasteiger partial charge < -0.3 is 47.4 Å². The fourth-order valence-corrected chi connectivity index (χ4v) is 9.03. The van der Waals surface area contributed by atoms with Gasteiger partial charge in [0.05, 0.1) is 24.3 Å². The van der Waals surface area contributed by atoms with Crippen molar-refractivity contribution in [2.24, 2.45) is 0 Å². The number of fused-ring (bicyclic) bond motifs is 2. The lowest BCUT2D eigenvalue weighted by molar-refractivity contribution is -0.387. The molecule has 12 atom stereocenters. The highest BCUT2D eigenvalue weighted by molar-refractivity contribution is 7.99. The molecule has 4 fully saturated rings. The first-order chi connectivity index (χ1) is 30.4. The van der Waals surface area contributed by atoms with Crippen molar-refractivity contribution in [2.45, 2.75) is 85.0 Å². The molecule has 4 aliphatic rings. The minimum atomic E-state index is -1.47. The first-order valence-corrected chi connectivity index (χ1v) is 21.3. The van der Waals surface area contributed by atoms with E-state index in [1.165, 1.54) is 18.7 Å². The lowest BCUT2D eigenvalue weighted by Gasteiger charge is -2.52. The van der Waals surface area contributed by atoms with Crippen LogP contribution < -0.4 is 0 Å². The molecule has 0 aliphatic carbocycles. The third-order valence-electron chi connectivity index (χ3n) is 10.8. The summed E-state index contributed by atoms with van der Waals surface area (Å²) in [6.07, 6.45) is -11.7. The van der Waals surface area contributed by atoms with Gasteiger partial charge in [-0.1, -0.05) is 127 Å². The molecule has 4 aliphatic heterocycles. The maximum Gasteiger partial charge on any atom is 0.338 e. The molecule has 0 N–H and O–H groups in total. The molecule has 14 heteroatoms. The van der Waals surface area contributed by atoms with E-state index in [0.717, 1.165) is 16.0 Å². The minimum absolute atomic E-state index is 0.0110. The highest BCUT2D eigenvalue weighted by Gasteiger charge is 2.59. The first kappa shape index (κ1) is 41.9. The smallest absolute Gasteiger partial charge is 0.338 e. The van der Waals surface area contributed by atoms with Crippen molar-refractivity contribution in [1.29, 1.82) is 0 Å². The molecule has 0 saturated carbocycles. The van der Waals surface area contributed by atoms with E-state index in [2.05, 4.69) is 0 Å². The number of benzene rings is 5. The molecular weight excluding hydrogens is 817 g/mol. The molecule has 4 heterocycles. The molecule has 0 aromatic heterocycles. The maximum absolute atomic E-state index is 14.1. The zero-order valence-electron chi connectivity index (χ0n) is 33.5. The fourth-order valence-electron chi connectivity index (χ4n) is 7.91. The van der Waals surface area contributed by atoms with Crippen LogP contribution in [0.4, 0.5) is 0 Å². The lowest BCUT2D eigenvalue weighted by Crippen LogP contribution is -2.68. The van der Waals surface area contributed by atoms with Gasteiger partial charge in [0, 0.05) is 22.9 Å². The summed E-state index contributed by atoms with van der Waals surface area (Å²) in [6.45, 7) is 1.39. The third-order valence-corrected chi connectivity index (χ3v) is 12.0. The van der Waals surface area contributed by atoms with Crippen LogP contribution >= 0.6 is 11.8 Å². The van der Waals surface area contributed by atoms with Crippen LogP contribution in [0.15, 0.2) is 157 Å². The third kappa shape index (κ3) is 9.48. The Balaban J connectivity index is 1.12. The average molecular weight is 861 g/mol. The van der Waals surface area contributed by atoms with Gasteiger partial charge in [-0.3, -0.25) is 4.79 Å². The van der Waals surface area contributed by atoms with Crippen LogP contribution in [-0.2, 0) is 52.2 Å². The van der Waals surface area contributed by atoms with E-state index in [1.807, 2.05) is 91.0 Å². The van der Waals surface area contributed by atoms with Crippen molar-refractivity contribution in [3.63, 3.8) is 0 Å². The molecule has 5 aromatic carbocycles. The molecule has 9 rings (SSSR count). The second kappa shape index (κ2) is 19.3. The molecule has 0 radical (unpaired) electrons. The fraction of sp³-hybridized carbons (Fsp3) is 0.312. The Hall–Kier alpha value is -5.42. The lowest BCUT2D eigenvalue weighted by atomic mass is 9.95. The highest BCUT2D eigenvalue weighted by Crippen LogP contribution is 2.44. The van der Waals surface area contributed by atoms with Gasteiger partial charge in [-0.25, -0.2) is 9.59 Å². The van der Waals surface area contributed by atoms with E-state index in [0.29, 0.717) is 0 Å². The van der Waals surface area contributed by atoms with Gasteiger partial charge in [0.25, 0.3) is 0 Å². The maximum atomic E-state index is 14.1. The Labute approximate surface area is 362 Å². The Morgan fingerprint density at radius 2 is 0.952 bits per heavy atom. The molecule has 13 nitrogen and oxygen atoms in total. The van der Waals surface area contributed by atoms with Gasteiger partial charge in [0.15, 0.2) is 37.2 Å². The van der Waals surface area contributed by atoms with E-state index in [1.54, 1.807) is 60.7 Å². The number of carbonyl (C=O) groups excluding carboxylic acids is 3. The second-order valence-corrected chi connectivity index (χ2v) is 16.2. The van der Waals surface area contributed by atoms with E-state index in [-0.39, 0.29) is 24.3 Å². The van der Waals surface area contributed by atoms with E-state index >= 15 is 0 Å². The van der Waals surface area contributed by atoms with Crippen molar-refractivity contribution >= 4 is 29.7 Å². The summed E-state index contributed by atoms with van der Waals surface area (Å²) < 4.78 is 64.9. The summed E-state index contributed by atoms with van der Waals surface area (Å²) in [5.74, 6) is -2.02. The monoisotopic (exact) mass is 860 g/mol. The molecule has 62 heavy (non-hydrogen) atoms. The van der Waals surface area contributed by atoms with Gasteiger partial charge >= 0.3 is 17.9 Å². The predicted octanol–water partition coefficient (Wildman–Crippen LogP) is 7.23. The standard InChI is InChI=1S/C48H44O13S/c1-29(49)54-42-40(38-36(56-48(42)62-34-25-15-6-16-26-34)28-53-46(60-38)33-23-13-5-14-24-33)61-47-41(58-44(51)31-19-9-3-10-20-31)39(57-43(50)30-17-7-2-8-18-30)37-35(55-47)27-52-45(59-37)32-21-11-4-12-22-32/h2-26,35-42,45-48H,27-28H2,1H3/t35-,36-,37-,38-,39+,40+,41+,42+,45?,46?,47-,48-/m1/s1. The molecule has 5 aromatic rings. The van der Waals surface area contributed by atoms with Crippen molar-refractivity contribution in [1.82, 2.24) is 0 Å². The number of hydrogen-bond acceptors (Lipinski definition) is 14. The Kier molecular flexibility index (Phi) is 13.1. The average Bonchev–Trinajstić information content (AvgIpc) is 3.32. The summed E-state index contributed by atoms with van der Waals surface area (Å²) in [5.41, 5.74) is 1.14. The van der Waals surface area contributed by atoms with Crippen LogP contribution in [0.1, 0.15) is 51.3 Å². The summed E-state index contributed by atoms with van der Waals surface area (Å²) in [4.78, 5) is 42.0. The minimum Gasteiger partial charge on any atom is -0.456 e. The van der Waals surface area contributed by atoms with Gasteiger partial charge in [-0.05, 0) is 36.4 Å². The van der Waals surface area contributed by atoms with Crippen LogP contribution in [0.5, 0.6) is 0 Å². The first-order valence-electron chi connectivity index (χ1n) is 20.4. The number of carbonyl (C=O) groups is 3. The van der Waals surface area contributed by atoms with Crippen LogP contribution in [0.2, 0.25) is 0 Å². The Morgan fingerprint density at radius 3 is 1.47 bits per heavy atom.